The molecule has 0 aliphatic heterocycles. The maximum atomic E-state index is 13.4. The second kappa shape index (κ2) is 5.61. The van der Waals surface area contributed by atoms with E-state index >= 15 is 0 Å². The summed E-state index contributed by atoms with van der Waals surface area (Å²) in [5.41, 5.74) is 1.04. The molecule has 0 spiro atoms. The molecule has 0 bridgehead atoms. The van der Waals surface area contributed by atoms with Gasteiger partial charge < -0.3 is 14.6 Å². The van der Waals surface area contributed by atoms with Gasteiger partial charge in [-0.25, -0.2) is 9.18 Å². The fourth-order valence-corrected chi connectivity index (χ4v) is 1.90. The van der Waals surface area contributed by atoms with Crippen molar-refractivity contribution in [3.05, 3.63) is 47.8 Å². The van der Waals surface area contributed by atoms with Crippen LogP contribution in [0.1, 0.15) is 10.4 Å². The van der Waals surface area contributed by atoms with Crippen LogP contribution in [0.3, 0.4) is 0 Å². The van der Waals surface area contributed by atoms with E-state index in [0.717, 1.165) is 0 Å². The van der Waals surface area contributed by atoms with Crippen LogP contribution in [-0.4, -0.2) is 25.3 Å². The summed E-state index contributed by atoms with van der Waals surface area (Å²) in [4.78, 5) is 11.1. The first-order chi connectivity index (χ1) is 9.55. The lowest BCUT2D eigenvalue weighted by Crippen LogP contribution is -1.98. The van der Waals surface area contributed by atoms with Crippen molar-refractivity contribution < 1.29 is 23.8 Å². The first-order valence-corrected chi connectivity index (χ1v) is 5.81. The van der Waals surface area contributed by atoms with E-state index in [9.17, 15) is 9.18 Å². The van der Waals surface area contributed by atoms with Gasteiger partial charge in [0.2, 0.25) is 0 Å². The van der Waals surface area contributed by atoms with Gasteiger partial charge in [0.15, 0.2) is 0 Å². The van der Waals surface area contributed by atoms with E-state index in [1.807, 2.05) is 0 Å². The molecule has 5 heteroatoms. The molecule has 104 valence electrons. The highest BCUT2D eigenvalue weighted by atomic mass is 19.1. The normalized spacial score (nSPS) is 10.2. The summed E-state index contributed by atoms with van der Waals surface area (Å²) in [6, 6.07) is 8.54. The standard InChI is InChI=1S/C15H13FO4/c1-19-12-6-9(5-10(7-12)15(17)18)13-8-11(16)3-4-14(13)20-2/h3-8H,1-2H3,(H,17,18). The smallest absolute Gasteiger partial charge is 0.335 e. The highest BCUT2D eigenvalue weighted by Gasteiger charge is 2.13. The molecule has 0 saturated carbocycles. The zero-order valence-electron chi connectivity index (χ0n) is 11.0. The van der Waals surface area contributed by atoms with Crippen LogP contribution in [0.4, 0.5) is 4.39 Å². The van der Waals surface area contributed by atoms with E-state index in [1.165, 1.54) is 44.6 Å². The summed E-state index contributed by atoms with van der Waals surface area (Å²) >= 11 is 0. The van der Waals surface area contributed by atoms with Crippen molar-refractivity contribution in [2.24, 2.45) is 0 Å². The number of carbonyl (C=O) groups is 1. The number of aromatic carboxylic acids is 1. The van der Waals surface area contributed by atoms with Crippen LogP contribution in [0.5, 0.6) is 11.5 Å². The number of halogens is 1. The maximum absolute atomic E-state index is 13.4. The van der Waals surface area contributed by atoms with E-state index in [0.29, 0.717) is 22.6 Å². The van der Waals surface area contributed by atoms with Crippen molar-refractivity contribution in [2.45, 2.75) is 0 Å². The van der Waals surface area contributed by atoms with Gasteiger partial charge in [-0.05, 0) is 42.0 Å². The molecule has 2 rings (SSSR count). The third kappa shape index (κ3) is 2.71. The van der Waals surface area contributed by atoms with Gasteiger partial charge in [0.25, 0.3) is 0 Å². The van der Waals surface area contributed by atoms with Crippen LogP contribution in [0.2, 0.25) is 0 Å². The number of methoxy groups -OCH3 is 2. The minimum absolute atomic E-state index is 0.0608. The molecular weight excluding hydrogens is 263 g/mol. The van der Waals surface area contributed by atoms with Crippen LogP contribution in [0.15, 0.2) is 36.4 Å². The van der Waals surface area contributed by atoms with Crippen molar-refractivity contribution in [3.63, 3.8) is 0 Å². The Hall–Kier alpha value is -2.56. The van der Waals surface area contributed by atoms with Gasteiger partial charge in [-0.2, -0.15) is 0 Å². The van der Waals surface area contributed by atoms with Crippen LogP contribution in [-0.2, 0) is 0 Å². The molecule has 0 radical (unpaired) electrons. The van der Waals surface area contributed by atoms with Gasteiger partial charge in [0.05, 0.1) is 19.8 Å². The van der Waals surface area contributed by atoms with Crippen molar-refractivity contribution in [1.29, 1.82) is 0 Å². The molecule has 1 N–H and O–H groups in total. The number of hydrogen-bond acceptors (Lipinski definition) is 3. The monoisotopic (exact) mass is 276 g/mol. The number of carboxylic acids is 1. The van der Waals surface area contributed by atoms with Gasteiger partial charge in [-0.3, -0.25) is 0 Å². The van der Waals surface area contributed by atoms with Crippen molar-refractivity contribution in [2.75, 3.05) is 14.2 Å². The number of ether oxygens (including phenoxy) is 2. The average molecular weight is 276 g/mol. The summed E-state index contributed by atoms with van der Waals surface area (Å²) in [6.45, 7) is 0. The van der Waals surface area contributed by atoms with Gasteiger partial charge >= 0.3 is 5.97 Å². The van der Waals surface area contributed by atoms with Crippen LogP contribution in [0.25, 0.3) is 11.1 Å². The number of benzene rings is 2. The van der Waals surface area contributed by atoms with E-state index in [-0.39, 0.29) is 5.56 Å². The van der Waals surface area contributed by atoms with E-state index < -0.39 is 11.8 Å². The molecule has 0 aliphatic rings. The van der Waals surface area contributed by atoms with Crippen LogP contribution >= 0.6 is 0 Å². The summed E-state index contributed by atoms with van der Waals surface area (Å²) in [7, 11) is 2.91. The maximum Gasteiger partial charge on any atom is 0.335 e. The molecule has 2 aromatic rings. The van der Waals surface area contributed by atoms with Crippen molar-refractivity contribution in [3.8, 4) is 22.6 Å². The average Bonchev–Trinajstić information content (AvgIpc) is 2.46. The first kappa shape index (κ1) is 13.9. The van der Waals surface area contributed by atoms with E-state index in [1.54, 1.807) is 6.07 Å². The second-order valence-electron chi connectivity index (χ2n) is 4.10. The molecule has 0 aliphatic carbocycles. The lowest BCUT2D eigenvalue weighted by molar-refractivity contribution is 0.0696. The third-order valence-corrected chi connectivity index (χ3v) is 2.86. The van der Waals surface area contributed by atoms with Gasteiger partial charge in [0.1, 0.15) is 17.3 Å². The Balaban J connectivity index is 2.65. The molecule has 0 amide bonds. The predicted octanol–water partition coefficient (Wildman–Crippen LogP) is 3.21. The molecule has 2 aromatic carbocycles. The summed E-state index contributed by atoms with van der Waals surface area (Å²) in [5, 5.41) is 9.10. The Kier molecular flexibility index (Phi) is 3.89. The zero-order chi connectivity index (χ0) is 14.7. The minimum Gasteiger partial charge on any atom is -0.497 e. The number of carboxylic acid groups (broad SMARTS) is 1. The van der Waals surface area contributed by atoms with Gasteiger partial charge in [-0.1, -0.05) is 0 Å². The number of hydrogen-bond donors (Lipinski definition) is 1. The second-order valence-corrected chi connectivity index (χ2v) is 4.10. The Morgan fingerprint density at radius 1 is 1.10 bits per heavy atom. The summed E-state index contributed by atoms with van der Waals surface area (Å²) < 4.78 is 23.7. The fraction of sp³-hybridized carbons (Fsp3) is 0.133. The SMILES string of the molecule is COc1cc(C(=O)O)cc(-c2cc(F)ccc2OC)c1. The molecular formula is C15H13FO4. The Morgan fingerprint density at radius 3 is 2.45 bits per heavy atom. The Morgan fingerprint density at radius 2 is 1.85 bits per heavy atom. The summed E-state index contributed by atoms with van der Waals surface area (Å²) in [6.07, 6.45) is 0. The zero-order valence-corrected chi connectivity index (χ0v) is 11.0. The van der Waals surface area contributed by atoms with Gasteiger partial charge in [-0.15, -0.1) is 0 Å². The highest BCUT2D eigenvalue weighted by molar-refractivity contribution is 5.90. The van der Waals surface area contributed by atoms with Crippen LogP contribution < -0.4 is 9.47 Å². The quantitative estimate of drug-likeness (QED) is 0.931. The predicted molar refractivity (Wildman–Crippen MR) is 71.9 cm³/mol. The molecule has 0 aromatic heterocycles. The topological polar surface area (TPSA) is 55.8 Å². The Labute approximate surface area is 115 Å². The highest BCUT2D eigenvalue weighted by Crippen LogP contribution is 2.33. The lowest BCUT2D eigenvalue weighted by atomic mass is 10.0. The van der Waals surface area contributed by atoms with Crippen molar-refractivity contribution >= 4 is 5.97 Å². The Bertz CT molecular complexity index is 652. The molecule has 0 fully saturated rings. The number of rotatable bonds is 4. The largest absolute Gasteiger partial charge is 0.497 e. The van der Waals surface area contributed by atoms with Gasteiger partial charge in [0, 0.05) is 5.56 Å². The molecule has 20 heavy (non-hydrogen) atoms. The van der Waals surface area contributed by atoms with E-state index in [4.69, 9.17) is 14.6 Å². The molecule has 0 heterocycles. The summed E-state index contributed by atoms with van der Waals surface area (Å²) in [5.74, 6) is -0.678. The van der Waals surface area contributed by atoms with Crippen molar-refractivity contribution in [1.82, 2.24) is 0 Å². The minimum atomic E-state index is -1.08. The van der Waals surface area contributed by atoms with Crippen LogP contribution in [0, 0.1) is 5.82 Å². The third-order valence-electron chi connectivity index (χ3n) is 2.86. The van der Waals surface area contributed by atoms with E-state index in [2.05, 4.69) is 0 Å². The molecule has 0 unspecified atom stereocenters. The molecule has 4 nitrogen and oxygen atoms in total. The molecule has 0 atom stereocenters. The fourth-order valence-electron chi connectivity index (χ4n) is 1.90. The lowest BCUT2D eigenvalue weighted by Gasteiger charge is -2.11. The first-order valence-electron chi connectivity index (χ1n) is 5.81. The molecule has 0 saturated heterocycles.